The van der Waals surface area contributed by atoms with Gasteiger partial charge in [-0.1, -0.05) is 6.07 Å². The fourth-order valence-corrected chi connectivity index (χ4v) is 3.23. The van der Waals surface area contributed by atoms with Crippen LogP contribution < -0.4 is 15.4 Å². The highest BCUT2D eigenvalue weighted by molar-refractivity contribution is 5.94. The number of amides is 1. The minimum atomic E-state index is -4.42. The number of aromatic nitrogens is 2. The molecule has 0 radical (unpaired) electrons. The molecule has 28 heavy (non-hydrogen) atoms. The van der Waals surface area contributed by atoms with Crippen molar-refractivity contribution in [1.82, 2.24) is 15.1 Å². The van der Waals surface area contributed by atoms with Gasteiger partial charge in [0, 0.05) is 43.5 Å². The molecule has 2 atom stereocenters. The molecule has 3 rings (SSSR count). The second-order valence-corrected chi connectivity index (χ2v) is 6.64. The molecule has 154 valence electrons. The first kappa shape index (κ1) is 22.0. The van der Waals surface area contributed by atoms with E-state index in [4.69, 9.17) is 4.74 Å². The molecule has 2 N–H and O–H groups in total. The highest BCUT2D eigenvalue weighted by Crippen LogP contribution is 2.31. The van der Waals surface area contributed by atoms with Crippen LogP contribution in [0.15, 0.2) is 30.6 Å². The van der Waals surface area contributed by atoms with Crippen LogP contribution in [0.25, 0.3) is 0 Å². The number of rotatable bonds is 5. The highest BCUT2D eigenvalue weighted by Gasteiger charge is 2.35. The lowest BCUT2D eigenvalue weighted by molar-refractivity contribution is -0.153. The molecular formula is C18H22ClF3N4O2. The minimum Gasteiger partial charge on any atom is -0.484 e. The SMILES string of the molecule is Cc1c(NC(=O)[C@H]2CNC[C@@H]2c2cnn(C)c2)cccc1OCC(F)(F)F.Cl. The van der Waals surface area contributed by atoms with Gasteiger partial charge in [0.1, 0.15) is 5.75 Å². The first-order valence-electron chi connectivity index (χ1n) is 8.54. The van der Waals surface area contributed by atoms with E-state index in [1.165, 1.54) is 6.07 Å². The van der Waals surface area contributed by atoms with Crippen molar-refractivity contribution >= 4 is 24.0 Å². The lowest BCUT2D eigenvalue weighted by atomic mass is 9.90. The Morgan fingerprint density at radius 1 is 1.39 bits per heavy atom. The molecule has 1 amide bonds. The monoisotopic (exact) mass is 418 g/mol. The van der Waals surface area contributed by atoms with Crippen LogP contribution in [0.3, 0.4) is 0 Å². The fourth-order valence-electron chi connectivity index (χ4n) is 3.23. The smallest absolute Gasteiger partial charge is 0.422 e. The lowest BCUT2D eigenvalue weighted by Crippen LogP contribution is -2.28. The zero-order valence-corrected chi connectivity index (χ0v) is 16.2. The van der Waals surface area contributed by atoms with Crippen molar-refractivity contribution in [3.63, 3.8) is 0 Å². The number of halogens is 4. The number of carbonyl (C=O) groups is 1. The maximum atomic E-state index is 12.8. The Balaban J connectivity index is 0.00000280. The third-order valence-electron chi connectivity index (χ3n) is 4.64. The van der Waals surface area contributed by atoms with Crippen LogP contribution in [0.4, 0.5) is 18.9 Å². The van der Waals surface area contributed by atoms with Crippen LogP contribution in [0.1, 0.15) is 17.0 Å². The summed E-state index contributed by atoms with van der Waals surface area (Å²) < 4.78 is 43.7. The van der Waals surface area contributed by atoms with Gasteiger partial charge >= 0.3 is 6.18 Å². The zero-order chi connectivity index (χ0) is 19.6. The average molecular weight is 419 g/mol. The molecule has 1 saturated heterocycles. The number of alkyl halides is 3. The third-order valence-corrected chi connectivity index (χ3v) is 4.64. The van der Waals surface area contributed by atoms with Gasteiger partial charge in [0.25, 0.3) is 0 Å². The Bertz CT molecular complexity index is 825. The third kappa shape index (κ3) is 5.17. The second-order valence-electron chi connectivity index (χ2n) is 6.64. The minimum absolute atomic E-state index is 0. The van der Waals surface area contributed by atoms with Crippen molar-refractivity contribution in [2.75, 3.05) is 25.0 Å². The molecule has 0 spiro atoms. The second kappa shape index (κ2) is 8.83. The van der Waals surface area contributed by atoms with Crippen LogP contribution >= 0.6 is 12.4 Å². The number of nitrogens with zero attached hydrogens (tertiary/aromatic N) is 2. The molecule has 2 aromatic rings. The predicted octanol–water partition coefficient (Wildman–Crippen LogP) is 3.03. The molecule has 0 saturated carbocycles. The summed E-state index contributed by atoms with van der Waals surface area (Å²) in [5.74, 6) is -0.402. The molecule has 1 fully saturated rings. The Kier molecular flexibility index (Phi) is 6.95. The van der Waals surface area contributed by atoms with Gasteiger partial charge in [-0.15, -0.1) is 12.4 Å². The quantitative estimate of drug-likeness (QED) is 0.783. The van der Waals surface area contributed by atoms with E-state index in [0.29, 0.717) is 24.3 Å². The van der Waals surface area contributed by atoms with E-state index in [1.54, 1.807) is 29.9 Å². The van der Waals surface area contributed by atoms with E-state index < -0.39 is 12.8 Å². The van der Waals surface area contributed by atoms with Crippen molar-refractivity contribution in [3.8, 4) is 5.75 Å². The van der Waals surface area contributed by atoms with Crippen LogP contribution in [0.2, 0.25) is 0 Å². The number of aryl methyl sites for hydroxylation is 1. The van der Waals surface area contributed by atoms with Gasteiger partial charge in [-0.3, -0.25) is 9.48 Å². The van der Waals surface area contributed by atoms with Crippen molar-refractivity contribution in [1.29, 1.82) is 0 Å². The summed E-state index contributed by atoms with van der Waals surface area (Å²) in [5, 5.41) is 10.2. The predicted molar refractivity (Wildman–Crippen MR) is 101 cm³/mol. The molecule has 10 heteroatoms. The molecule has 6 nitrogen and oxygen atoms in total. The molecule has 1 aromatic heterocycles. The molecule has 1 aliphatic rings. The fraction of sp³-hybridized carbons (Fsp3) is 0.444. The van der Waals surface area contributed by atoms with Crippen molar-refractivity contribution in [2.45, 2.75) is 19.0 Å². The number of nitrogens with one attached hydrogen (secondary N) is 2. The molecule has 1 aromatic carbocycles. The molecule has 2 heterocycles. The number of benzene rings is 1. The Morgan fingerprint density at radius 3 is 2.79 bits per heavy atom. The first-order chi connectivity index (χ1) is 12.7. The van der Waals surface area contributed by atoms with Gasteiger partial charge in [-0.05, 0) is 24.6 Å². The maximum absolute atomic E-state index is 12.8. The van der Waals surface area contributed by atoms with Crippen molar-refractivity contribution in [2.24, 2.45) is 13.0 Å². The Labute approximate surface area is 166 Å². The summed E-state index contributed by atoms with van der Waals surface area (Å²) in [7, 11) is 1.82. The molecule has 0 bridgehead atoms. The van der Waals surface area contributed by atoms with Gasteiger partial charge in [0.05, 0.1) is 12.1 Å². The van der Waals surface area contributed by atoms with Gasteiger partial charge in [0.15, 0.2) is 6.61 Å². The number of carbonyl (C=O) groups excluding carboxylic acids is 1. The lowest BCUT2D eigenvalue weighted by Gasteiger charge is -2.19. The largest absolute Gasteiger partial charge is 0.484 e. The first-order valence-corrected chi connectivity index (χ1v) is 8.54. The summed E-state index contributed by atoms with van der Waals surface area (Å²) in [6.45, 7) is 1.43. The van der Waals surface area contributed by atoms with Gasteiger partial charge < -0.3 is 15.4 Å². The van der Waals surface area contributed by atoms with Crippen LogP contribution in [-0.2, 0) is 11.8 Å². The van der Waals surface area contributed by atoms with E-state index in [-0.39, 0.29) is 35.9 Å². The summed E-state index contributed by atoms with van der Waals surface area (Å²) >= 11 is 0. The number of hydrogen-bond donors (Lipinski definition) is 2. The molecule has 0 unspecified atom stereocenters. The molecular weight excluding hydrogens is 397 g/mol. The van der Waals surface area contributed by atoms with Crippen LogP contribution in [0.5, 0.6) is 5.75 Å². The summed E-state index contributed by atoms with van der Waals surface area (Å²) in [6.07, 6.45) is -0.790. The standard InChI is InChI=1S/C18H21F3N4O2.ClH/c1-11-15(4-3-5-16(11)27-10-18(19,20)21)24-17(26)14-8-22-7-13(14)12-6-23-25(2)9-12;/h3-6,9,13-14,22H,7-8,10H2,1-2H3,(H,24,26);1H/t13-,14+;/m1./s1. The van der Waals surface area contributed by atoms with Crippen molar-refractivity contribution in [3.05, 3.63) is 41.7 Å². The van der Waals surface area contributed by atoms with E-state index in [2.05, 4.69) is 15.7 Å². The van der Waals surface area contributed by atoms with Crippen LogP contribution in [-0.4, -0.2) is 41.6 Å². The zero-order valence-electron chi connectivity index (χ0n) is 15.4. The Morgan fingerprint density at radius 2 is 2.14 bits per heavy atom. The van der Waals surface area contributed by atoms with E-state index >= 15 is 0 Å². The summed E-state index contributed by atoms with van der Waals surface area (Å²) in [5.41, 5.74) is 1.87. The molecule has 0 aliphatic carbocycles. The number of anilines is 1. The van der Waals surface area contributed by atoms with Gasteiger partial charge in [-0.25, -0.2) is 0 Å². The van der Waals surface area contributed by atoms with Crippen LogP contribution in [0, 0.1) is 12.8 Å². The number of ether oxygens (including phenoxy) is 1. The number of hydrogen-bond acceptors (Lipinski definition) is 4. The summed E-state index contributed by atoms with van der Waals surface area (Å²) in [6, 6.07) is 4.65. The summed E-state index contributed by atoms with van der Waals surface area (Å²) in [4.78, 5) is 12.8. The van der Waals surface area contributed by atoms with Gasteiger partial charge in [0.2, 0.25) is 5.91 Å². The normalized spacial score (nSPS) is 19.2. The molecule has 1 aliphatic heterocycles. The van der Waals surface area contributed by atoms with Gasteiger partial charge in [-0.2, -0.15) is 18.3 Å². The highest BCUT2D eigenvalue weighted by atomic mass is 35.5. The van der Waals surface area contributed by atoms with E-state index in [0.717, 1.165) is 5.56 Å². The maximum Gasteiger partial charge on any atom is 0.422 e. The Hall–Kier alpha value is -2.26. The van der Waals surface area contributed by atoms with E-state index in [1.807, 2.05) is 13.2 Å². The topological polar surface area (TPSA) is 68.2 Å². The average Bonchev–Trinajstić information content (AvgIpc) is 3.23. The van der Waals surface area contributed by atoms with E-state index in [9.17, 15) is 18.0 Å². The van der Waals surface area contributed by atoms with Crippen molar-refractivity contribution < 1.29 is 22.7 Å².